The Labute approximate surface area is 194 Å². The van der Waals surface area contributed by atoms with E-state index in [1.54, 1.807) is 30.3 Å². The van der Waals surface area contributed by atoms with Crippen molar-refractivity contribution in [2.75, 3.05) is 12.4 Å². The van der Waals surface area contributed by atoms with Crippen LogP contribution in [-0.2, 0) is 6.61 Å². The van der Waals surface area contributed by atoms with E-state index in [1.807, 2.05) is 37.3 Å². The Kier molecular flexibility index (Phi) is 7.84. The molecule has 0 fully saturated rings. The molecule has 0 saturated carbocycles. The number of nitriles is 1. The summed E-state index contributed by atoms with van der Waals surface area (Å²) < 4.78 is 12.2. The number of methoxy groups -OCH3 is 1. The van der Waals surface area contributed by atoms with Gasteiger partial charge in [-0.25, -0.2) is 10.2 Å². The number of hydrazone groups is 1. The van der Waals surface area contributed by atoms with E-state index >= 15 is 0 Å². The third-order valence-electron chi connectivity index (χ3n) is 4.50. The lowest BCUT2D eigenvalue weighted by molar-refractivity contribution is 0.252. The second-order valence-corrected chi connectivity index (χ2v) is 7.61. The number of carbonyl (C=O) groups excluding carboxylic acids is 1. The highest BCUT2D eigenvalue weighted by Crippen LogP contribution is 2.28. The fourth-order valence-electron chi connectivity index (χ4n) is 2.84. The van der Waals surface area contributed by atoms with E-state index in [0.717, 1.165) is 15.6 Å². The number of ether oxygens (including phenoxy) is 2. The van der Waals surface area contributed by atoms with Crippen LogP contribution >= 0.6 is 15.9 Å². The predicted octanol–water partition coefficient (Wildman–Crippen LogP) is 5.37. The quantitative estimate of drug-likeness (QED) is 0.342. The predicted molar refractivity (Wildman–Crippen MR) is 127 cm³/mol. The summed E-state index contributed by atoms with van der Waals surface area (Å²) in [5.74, 6) is 1.05. The summed E-state index contributed by atoms with van der Waals surface area (Å²) in [6, 6.07) is 19.7. The van der Waals surface area contributed by atoms with E-state index in [1.165, 1.54) is 13.3 Å². The lowest BCUT2D eigenvalue weighted by Gasteiger charge is -2.12. The standard InChI is InChI=1S/C24H21BrN4O3/c1-16-11-20(8-9-21(16)25)28-24(30)29-27-14-17-7-10-22(23(12-17)31-2)32-15-19-6-4-3-5-18(19)13-26/h3-12,14H,15H2,1-2H3,(H2,28,29,30)/b27-14+. The number of nitrogens with one attached hydrogen (secondary N) is 2. The molecule has 0 aliphatic heterocycles. The minimum absolute atomic E-state index is 0.241. The van der Waals surface area contributed by atoms with Gasteiger partial charge in [-0.3, -0.25) is 0 Å². The molecule has 0 spiro atoms. The highest BCUT2D eigenvalue weighted by Gasteiger charge is 2.08. The zero-order valence-electron chi connectivity index (χ0n) is 17.6. The Morgan fingerprint density at radius 1 is 1.16 bits per heavy atom. The van der Waals surface area contributed by atoms with E-state index in [2.05, 4.69) is 37.8 Å². The number of halogens is 1. The van der Waals surface area contributed by atoms with Gasteiger partial charge in [0.25, 0.3) is 0 Å². The van der Waals surface area contributed by atoms with Crippen LogP contribution < -0.4 is 20.2 Å². The van der Waals surface area contributed by atoms with Gasteiger partial charge in [0.2, 0.25) is 0 Å². The molecule has 7 nitrogen and oxygen atoms in total. The molecular formula is C24H21BrN4O3. The number of benzene rings is 3. The number of anilines is 1. The van der Waals surface area contributed by atoms with Crippen molar-refractivity contribution in [3.8, 4) is 17.6 Å². The average molecular weight is 493 g/mol. The molecule has 32 heavy (non-hydrogen) atoms. The summed E-state index contributed by atoms with van der Waals surface area (Å²) in [6.07, 6.45) is 1.50. The minimum Gasteiger partial charge on any atom is -0.493 e. The van der Waals surface area contributed by atoms with Gasteiger partial charge in [0.15, 0.2) is 11.5 Å². The lowest BCUT2D eigenvalue weighted by Crippen LogP contribution is -2.24. The lowest BCUT2D eigenvalue weighted by atomic mass is 10.1. The summed E-state index contributed by atoms with van der Waals surface area (Å²) in [6.45, 7) is 2.18. The molecule has 3 aromatic rings. The maximum absolute atomic E-state index is 12.0. The molecule has 0 radical (unpaired) electrons. The Morgan fingerprint density at radius 3 is 2.72 bits per heavy atom. The Balaban J connectivity index is 1.60. The first-order valence-electron chi connectivity index (χ1n) is 9.65. The van der Waals surface area contributed by atoms with Crippen molar-refractivity contribution in [3.05, 3.63) is 87.4 Å². The zero-order chi connectivity index (χ0) is 22.9. The van der Waals surface area contributed by atoms with Crippen molar-refractivity contribution in [1.82, 2.24) is 5.43 Å². The summed E-state index contributed by atoms with van der Waals surface area (Å²) >= 11 is 3.42. The van der Waals surface area contributed by atoms with Crippen LogP contribution in [-0.4, -0.2) is 19.4 Å². The van der Waals surface area contributed by atoms with Gasteiger partial charge in [-0.2, -0.15) is 10.4 Å². The number of nitrogens with zero attached hydrogens (tertiary/aromatic N) is 2. The fourth-order valence-corrected chi connectivity index (χ4v) is 3.09. The van der Waals surface area contributed by atoms with Crippen LogP contribution in [0.3, 0.4) is 0 Å². The molecule has 3 rings (SSSR count). The largest absolute Gasteiger partial charge is 0.493 e. The second-order valence-electron chi connectivity index (χ2n) is 6.76. The number of amides is 2. The second kappa shape index (κ2) is 11.0. The number of rotatable bonds is 7. The molecule has 0 unspecified atom stereocenters. The molecule has 162 valence electrons. The number of hydrogen-bond acceptors (Lipinski definition) is 5. The Morgan fingerprint density at radius 2 is 1.97 bits per heavy atom. The van der Waals surface area contributed by atoms with Crippen LogP contribution in [0.4, 0.5) is 10.5 Å². The van der Waals surface area contributed by atoms with Crippen molar-refractivity contribution < 1.29 is 14.3 Å². The molecule has 2 N–H and O–H groups in total. The highest BCUT2D eigenvalue weighted by molar-refractivity contribution is 9.10. The van der Waals surface area contributed by atoms with E-state index in [9.17, 15) is 10.1 Å². The minimum atomic E-state index is -0.453. The van der Waals surface area contributed by atoms with Crippen molar-refractivity contribution in [2.24, 2.45) is 5.10 Å². The van der Waals surface area contributed by atoms with Gasteiger partial charge in [-0.05, 0) is 60.5 Å². The molecule has 0 saturated heterocycles. The van der Waals surface area contributed by atoms with Crippen molar-refractivity contribution in [3.63, 3.8) is 0 Å². The van der Waals surface area contributed by atoms with E-state index in [0.29, 0.717) is 28.3 Å². The third kappa shape index (κ3) is 6.09. The molecule has 2 amide bonds. The number of aryl methyl sites for hydroxylation is 1. The van der Waals surface area contributed by atoms with Crippen LogP contribution in [0.1, 0.15) is 22.3 Å². The molecule has 8 heteroatoms. The highest BCUT2D eigenvalue weighted by atomic mass is 79.9. The molecule has 0 aliphatic rings. The fraction of sp³-hybridized carbons (Fsp3) is 0.125. The molecule has 0 bridgehead atoms. The van der Waals surface area contributed by atoms with E-state index in [-0.39, 0.29) is 6.61 Å². The molecule has 3 aromatic carbocycles. The summed E-state index contributed by atoms with van der Waals surface area (Å²) in [5.41, 5.74) is 6.18. The Hall–Kier alpha value is -3.83. The molecule has 0 heterocycles. The smallest absolute Gasteiger partial charge is 0.339 e. The number of carbonyl (C=O) groups is 1. The molecule has 0 aliphatic carbocycles. The van der Waals surface area contributed by atoms with E-state index < -0.39 is 6.03 Å². The maximum atomic E-state index is 12.0. The van der Waals surface area contributed by atoms with Crippen LogP contribution in [0.2, 0.25) is 0 Å². The topological polar surface area (TPSA) is 95.7 Å². The van der Waals surface area contributed by atoms with Crippen LogP contribution in [0.15, 0.2) is 70.2 Å². The van der Waals surface area contributed by atoms with Crippen LogP contribution in [0.25, 0.3) is 0 Å². The van der Waals surface area contributed by atoms with Gasteiger partial charge >= 0.3 is 6.03 Å². The molecule has 0 aromatic heterocycles. The van der Waals surface area contributed by atoms with Gasteiger partial charge < -0.3 is 14.8 Å². The van der Waals surface area contributed by atoms with Crippen molar-refractivity contribution in [1.29, 1.82) is 5.26 Å². The van der Waals surface area contributed by atoms with E-state index in [4.69, 9.17) is 9.47 Å². The van der Waals surface area contributed by atoms with Gasteiger partial charge in [0.05, 0.1) is 25.0 Å². The molecule has 0 atom stereocenters. The third-order valence-corrected chi connectivity index (χ3v) is 5.39. The first-order chi connectivity index (χ1) is 15.5. The number of urea groups is 1. The van der Waals surface area contributed by atoms with Gasteiger partial charge in [-0.15, -0.1) is 0 Å². The monoisotopic (exact) mass is 492 g/mol. The average Bonchev–Trinajstić information content (AvgIpc) is 2.80. The first-order valence-corrected chi connectivity index (χ1v) is 10.4. The summed E-state index contributed by atoms with van der Waals surface area (Å²) in [4.78, 5) is 12.0. The normalized spacial score (nSPS) is 10.4. The zero-order valence-corrected chi connectivity index (χ0v) is 19.1. The van der Waals surface area contributed by atoms with Gasteiger partial charge in [0, 0.05) is 15.7 Å². The van der Waals surface area contributed by atoms with Gasteiger partial charge in [-0.1, -0.05) is 34.1 Å². The Bertz CT molecular complexity index is 1190. The maximum Gasteiger partial charge on any atom is 0.339 e. The summed E-state index contributed by atoms with van der Waals surface area (Å²) in [7, 11) is 1.54. The first kappa shape index (κ1) is 22.8. The molecular weight excluding hydrogens is 472 g/mol. The summed E-state index contributed by atoms with van der Waals surface area (Å²) in [5, 5.41) is 15.9. The van der Waals surface area contributed by atoms with Crippen LogP contribution in [0.5, 0.6) is 11.5 Å². The SMILES string of the molecule is COc1cc(/C=N/NC(=O)Nc2ccc(Br)c(C)c2)ccc1OCc1ccccc1C#N. The van der Waals surface area contributed by atoms with Crippen LogP contribution in [0, 0.1) is 18.3 Å². The van der Waals surface area contributed by atoms with Crippen molar-refractivity contribution in [2.45, 2.75) is 13.5 Å². The van der Waals surface area contributed by atoms with Crippen molar-refractivity contribution >= 4 is 33.9 Å². The number of hydrogen-bond donors (Lipinski definition) is 2. The van der Waals surface area contributed by atoms with Gasteiger partial charge in [0.1, 0.15) is 6.61 Å².